The van der Waals surface area contributed by atoms with Gasteiger partial charge in [-0.25, -0.2) is 4.98 Å². The van der Waals surface area contributed by atoms with E-state index in [-0.39, 0.29) is 0 Å². The molecule has 1 rings (SSSR count). The van der Waals surface area contributed by atoms with Gasteiger partial charge in [-0.1, -0.05) is 19.9 Å². The molecule has 0 aliphatic heterocycles. The largest absolute Gasteiger partial charge is 0.370 e. The van der Waals surface area contributed by atoms with E-state index in [0.717, 1.165) is 32.0 Å². The number of pyridine rings is 1. The van der Waals surface area contributed by atoms with Crippen molar-refractivity contribution >= 4 is 5.82 Å². The van der Waals surface area contributed by atoms with E-state index in [9.17, 15) is 0 Å². The SMILES string of the molecule is CCNc1ncccc1CN(CCC#N)CC(C)C. The Balaban J connectivity index is 2.74. The number of nitrogens with zero attached hydrogens (tertiary/aromatic N) is 3. The summed E-state index contributed by atoms with van der Waals surface area (Å²) in [5.74, 6) is 1.55. The molecule has 0 aliphatic rings. The van der Waals surface area contributed by atoms with E-state index < -0.39 is 0 Å². The third-order valence-corrected chi connectivity index (χ3v) is 2.79. The van der Waals surface area contributed by atoms with Crippen molar-refractivity contribution in [2.75, 3.05) is 25.0 Å². The first-order valence-corrected chi connectivity index (χ1v) is 6.94. The van der Waals surface area contributed by atoms with Crippen LogP contribution in [0.4, 0.5) is 5.82 Å². The minimum Gasteiger partial charge on any atom is -0.370 e. The third kappa shape index (κ3) is 5.71. The van der Waals surface area contributed by atoms with Gasteiger partial charge in [0.25, 0.3) is 0 Å². The quantitative estimate of drug-likeness (QED) is 0.781. The Morgan fingerprint density at radius 1 is 1.47 bits per heavy atom. The first kappa shape index (κ1) is 15.5. The summed E-state index contributed by atoms with van der Waals surface area (Å²) in [5.41, 5.74) is 1.20. The minimum absolute atomic E-state index is 0.573. The van der Waals surface area contributed by atoms with Gasteiger partial charge in [-0.15, -0.1) is 0 Å². The van der Waals surface area contributed by atoms with E-state index in [1.807, 2.05) is 12.3 Å². The van der Waals surface area contributed by atoms with Gasteiger partial charge in [0.1, 0.15) is 5.82 Å². The van der Waals surface area contributed by atoms with Crippen molar-refractivity contribution < 1.29 is 0 Å². The molecule has 0 bridgehead atoms. The topological polar surface area (TPSA) is 52.0 Å². The first-order chi connectivity index (χ1) is 9.17. The van der Waals surface area contributed by atoms with Crippen LogP contribution in [0.15, 0.2) is 18.3 Å². The molecule has 0 spiro atoms. The van der Waals surface area contributed by atoms with Gasteiger partial charge in [-0.05, 0) is 18.9 Å². The predicted molar refractivity (Wildman–Crippen MR) is 78.7 cm³/mol. The Morgan fingerprint density at radius 2 is 2.26 bits per heavy atom. The Bertz CT molecular complexity index is 409. The molecule has 4 heteroatoms. The fraction of sp³-hybridized carbons (Fsp3) is 0.600. The normalized spacial score (nSPS) is 10.7. The van der Waals surface area contributed by atoms with Crippen molar-refractivity contribution in [3.05, 3.63) is 23.9 Å². The van der Waals surface area contributed by atoms with Gasteiger partial charge in [0.15, 0.2) is 0 Å². The number of nitrogens with one attached hydrogen (secondary N) is 1. The maximum absolute atomic E-state index is 8.75. The van der Waals surface area contributed by atoms with Crippen molar-refractivity contribution in [1.82, 2.24) is 9.88 Å². The summed E-state index contributed by atoms with van der Waals surface area (Å²) in [6.45, 7) is 10.0. The fourth-order valence-electron chi connectivity index (χ4n) is 2.09. The van der Waals surface area contributed by atoms with Crippen molar-refractivity contribution in [1.29, 1.82) is 5.26 Å². The Morgan fingerprint density at radius 3 is 2.89 bits per heavy atom. The summed E-state index contributed by atoms with van der Waals surface area (Å²) in [6.07, 6.45) is 2.38. The molecule has 0 aromatic carbocycles. The zero-order chi connectivity index (χ0) is 14.1. The molecule has 1 aromatic heterocycles. The lowest BCUT2D eigenvalue weighted by molar-refractivity contribution is 0.241. The molecular weight excluding hydrogens is 236 g/mol. The van der Waals surface area contributed by atoms with Crippen molar-refractivity contribution in [3.8, 4) is 6.07 Å². The molecule has 0 saturated carbocycles. The van der Waals surface area contributed by atoms with Crippen LogP contribution in [0, 0.1) is 17.2 Å². The molecule has 1 N–H and O–H groups in total. The smallest absolute Gasteiger partial charge is 0.130 e. The molecule has 0 unspecified atom stereocenters. The second-order valence-electron chi connectivity index (χ2n) is 5.08. The summed E-state index contributed by atoms with van der Waals surface area (Å²) >= 11 is 0. The van der Waals surface area contributed by atoms with Crippen LogP contribution in [0.1, 0.15) is 32.8 Å². The van der Waals surface area contributed by atoms with Crippen LogP contribution < -0.4 is 5.32 Å². The average Bonchev–Trinajstić information content (AvgIpc) is 2.38. The van der Waals surface area contributed by atoms with Crippen molar-refractivity contribution in [2.24, 2.45) is 5.92 Å². The molecule has 0 saturated heterocycles. The second kappa shape index (κ2) is 8.49. The summed E-state index contributed by atoms with van der Waals surface area (Å²) in [5, 5.41) is 12.0. The number of rotatable bonds is 8. The first-order valence-electron chi connectivity index (χ1n) is 6.94. The fourth-order valence-corrected chi connectivity index (χ4v) is 2.09. The highest BCUT2D eigenvalue weighted by Crippen LogP contribution is 2.15. The number of anilines is 1. The second-order valence-corrected chi connectivity index (χ2v) is 5.08. The van der Waals surface area contributed by atoms with Crippen LogP contribution in [0.5, 0.6) is 0 Å². The molecule has 0 amide bonds. The Kier molecular flexibility index (Phi) is 6.91. The zero-order valence-electron chi connectivity index (χ0n) is 12.2. The predicted octanol–water partition coefficient (Wildman–Crippen LogP) is 2.89. The standard InChI is InChI=1S/C15H24N4/c1-4-17-15-14(7-5-9-18-15)12-19(10-6-8-16)11-13(2)3/h5,7,9,13H,4,6,10-12H2,1-3H3,(H,17,18). The van der Waals surface area contributed by atoms with Gasteiger partial charge in [-0.2, -0.15) is 5.26 Å². The molecule has 104 valence electrons. The molecule has 4 nitrogen and oxygen atoms in total. The molecular formula is C15H24N4. The molecule has 0 atom stereocenters. The maximum Gasteiger partial charge on any atom is 0.130 e. The van der Waals surface area contributed by atoms with E-state index in [1.165, 1.54) is 5.56 Å². The van der Waals surface area contributed by atoms with Crippen LogP contribution in [-0.4, -0.2) is 29.5 Å². The Hall–Kier alpha value is -1.60. The van der Waals surface area contributed by atoms with E-state index in [1.54, 1.807) is 0 Å². The lowest BCUT2D eigenvalue weighted by Gasteiger charge is -2.24. The van der Waals surface area contributed by atoms with Crippen molar-refractivity contribution in [2.45, 2.75) is 33.7 Å². The third-order valence-electron chi connectivity index (χ3n) is 2.79. The molecule has 1 heterocycles. The summed E-state index contributed by atoms with van der Waals surface area (Å²) in [4.78, 5) is 6.70. The maximum atomic E-state index is 8.75. The van der Waals surface area contributed by atoms with Crippen molar-refractivity contribution in [3.63, 3.8) is 0 Å². The summed E-state index contributed by atoms with van der Waals surface area (Å²) in [6, 6.07) is 6.29. The lowest BCUT2D eigenvalue weighted by atomic mass is 10.1. The van der Waals surface area contributed by atoms with Crippen LogP contribution in [0.2, 0.25) is 0 Å². The number of nitriles is 1. The summed E-state index contributed by atoms with van der Waals surface area (Å²) < 4.78 is 0. The van der Waals surface area contributed by atoms with Gasteiger partial charge in [-0.3, -0.25) is 4.90 Å². The molecule has 1 aromatic rings. The monoisotopic (exact) mass is 260 g/mol. The molecule has 19 heavy (non-hydrogen) atoms. The van der Waals surface area contributed by atoms with E-state index in [0.29, 0.717) is 12.3 Å². The highest BCUT2D eigenvalue weighted by molar-refractivity contribution is 5.43. The van der Waals surface area contributed by atoms with E-state index in [2.05, 4.69) is 48.1 Å². The van der Waals surface area contributed by atoms with E-state index in [4.69, 9.17) is 5.26 Å². The van der Waals surface area contributed by atoms with Crippen LogP contribution >= 0.6 is 0 Å². The zero-order valence-corrected chi connectivity index (χ0v) is 12.2. The molecule has 0 aliphatic carbocycles. The lowest BCUT2D eigenvalue weighted by Crippen LogP contribution is -2.28. The average molecular weight is 260 g/mol. The number of hydrogen-bond donors (Lipinski definition) is 1. The number of aromatic nitrogens is 1. The van der Waals surface area contributed by atoms with Gasteiger partial charge >= 0.3 is 0 Å². The van der Waals surface area contributed by atoms with Crippen LogP contribution in [0.25, 0.3) is 0 Å². The molecule has 0 radical (unpaired) electrons. The van der Waals surface area contributed by atoms with Gasteiger partial charge in [0.2, 0.25) is 0 Å². The van der Waals surface area contributed by atoms with Gasteiger partial charge in [0, 0.05) is 44.4 Å². The van der Waals surface area contributed by atoms with Gasteiger partial charge in [0.05, 0.1) is 6.07 Å². The van der Waals surface area contributed by atoms with Gasteiger partial charge < -0.3 is 5.32 Å². The van der Waals surface area contributed by atoms with E-state index >= 15 is 0 Å². The highest BCUT2D eigenvalue weighted by Gasteiger charge is 2.11. The minimum atomic E-state index is 0.573. The Labute approximate surface area is 116 Å². The highest BCUT2D eigenvalue weighted by atomic mass is 15.1. The number of hydrogen-bond acceptors (Lipinski definition) is 4. The molecule has 0 fully saturated rings. The van der Waals surface area contributed by atoms with Crippen LogP contribution in [-0.2, 0) is 6.54 Å². The van der Waals surface area contributed by atoms with Crippen LogP contribution in [0.3, 0.4) is 0 Å². The summed E-state index contributed by atoms with van der Waals surface area (Å²) in [7, 11) is 0.